The van der Waals surface area contributed by atoms with E-state index in [2.05, 4.69) is 0 Å². The van der Waals surface area contributed by atoms with Gasteiger partial charge in [0.05, 0.1) is 25.5 Å². The summed E-state index contributed by atoms with van der Waals surface area (Å²) in [5.41, 5.74) is -0.368. The first-order chi connectivity index (χ1) is 17.1. The van der Waals surface area contributed by atoms with Gasteiger partial charge < -0.3 is 23.4 Å². The summed E-state index contributed by atoms with van der Waals surface area (Å²) in [6.07, 6.45) is -0.789. The second-order valence-corrected chi connectivity index (χ2v) is 8.69. The SMILES string of the molecule is COC(=O)[C@@]12COc3ccccc3[C@@H]1c1oc(=O)c3ccccc3c1O[C@@H]2c1ccc(OC)cc1. The van der Waals surface area contributed by atoms with Crippen LogP contribution in [0.1, 0.15) is 28.9 Å². The van der Waals surface area contributed by atoms with E-state index in [0.717, 1.165) is 11.1 Å². The largest absolute Gasteiger partial charge is 0.497 e. The third-order valence-electron chi connectivity index (χ3n) is 6.98. The molecule has 6 rings (SSSR count). The van der Waals surface area contributed by atoms with Crippen LogP contribution in [-0.4, -0.2) is 26.8 Å². The molecule has 4 aromatic rings. The van der Waals surface area contributed by atoms with Crippen LogP contribution in [0.5, 0.6) is 17.2 Å². The Morgan fingerprint density at radius 3 is 2.40 bits per heavy atom. The van der Waals surface area contributed by atoms with E-state index in [0.29, 0.717) is 33.8 Å². The fraction of sp³-hybridized carbons (Fsp3) is 0.214. The summed E-state index contributed by atoms with van der Waals surface area (Å²) in [7, 11) is 2.93. The molecule has 3 heterocycles. The maximum absolute atomic E-state index is 13.7. The van der Waals surface area contributed by atoms with E-state index in [1.807, 2.05) is 60.7 Å². The molecule has 0 unspecified atom stereocenters. The normalized spacial score (nSPS) is 22.1. The zero-order valence-corrected chi connectivity index (χ0v) is 19.1. The van der Waals surface area contributed by atoms with Gasteiger partial charge in [0.2, 0.25) is 0 Å². The van der Waals surface area contributed by atoms with Crippen LogP contribution in [0.2, 0.25) is 0 Å². The molecule has 0 radical (unpaired) electrons. The molecular weight excluding hydrogens is 448 g/mol. The third-order valence-corrected chi connectivity index (χ3v) is 6.98. The third kappa shape index (κ3) is 2.97. The van der Waals surface area contributed by atoms with Gasteiger partial charge in [-0.05, 0) is 29.8 Å². The minimum absolute atomic E-state index is 0.0198. The van der Waals surface area contributed by atoms with Crippen LogP contribution in [-0.2, 0) is 9.53 Å². The lowest BCUT2D eigenvalue weighted by atomic mass is 9.63. The minimum Gasteiger partial charge on any atom is -0.497 e. The number of ether oxygens (including phenoxy) is 4. The van der Waals surface area contributed by atoms with Crippen molar-refractivity contribution in [3.8, 4) is 17.2 Å². The van der Waals surface area contributed by atoms with Gasteiger partial charge in [-0.2, -0.15) is 0 Å². The number of para-hydroxylation sites is 1. The molecule has 35 heavy (non-hydrogen) atoms. The van der Waals surface area contributed by atoms with Gasteiger partial charge >= 0.3 is 11.6 Å². The monoisotopic (exact) mass is 470 g/mol. The molecule has 0 saturated carbocycles. The maximum atomic E-state index is 13.7. The highest BCUT2D eigenvalue weighted by Gasteiger charge is 2.63. The fourth-order valence-electron chi connectivity index (χ4n) is 5.36. The molecule has 3 aromatic carbocycles. The van der Waals surface area contributed by atoms with Gasteiger partial charge in [0.1, 0.15) is 24.2 Å². The lowest BCUT2D eigenvalue weighted by molar-refractivity contribution is -0.169. The van der Waals surface area contributed by atoms with Crippen molar-refractivity contribution in [3.63, 3.8) is 0 Å². The van der Waals surface area contributed by atoms with Crippen LogP contribution in [0.15, 0.2) is 82.0 Å². The molecule has 176 valence electrons. The predicted octanol–water partition coefficient (Wildman–Crippen LogP) is 4.62. The van der Waals surface area contributed by atoms with E-state index in [4.69, 9.17) is 23.4 Å². The molecule has 3 atom stereocenters. The fourth-order valence-corrected chi connectivity index (χ4v) is 5.36. The van der Waals surface area contributed by atoms with E-state index in [9.17, 15) is 9.59 Å². The van der Waals surface area contributed by atoms with E-state index >= 15 is 0 Å². The summed E-state index contributed by atoms with van der Waals surface area (Å²) in [4.78, 5) is 26.7. The number of methoxy groups -OCH3 is 2. The van der Waals surface area contributed by atoms with Crippen molar-refractivity contribution in [2.45, 2.75) is 12.0 Å². The topological polar surface area (TPSA) is 84.2 Å². The average molecular weight is 470 g/mol. The van der Waals surface area contributed by atoms with Crippen molar-refractivity contribution >= 4 is 16.7 Å². The zero-order valence-electron chi connectivity index (χ0n) is 19.1. The van der Waals surface area contributed by atoms with Crippen LogP contribution < -0.4 is 19.8 Å². The highest BCUT2D eigenvalue weighted by molar-refractivity contribution is 5.90. The summed E-state index contributed by atoms with van der Waals surface area (Å²) < 4.78 is 29.3. The standard InChI is InChI=1S/C28H22O7/c1-31-17-13-11-16(12-14-17)25-28(27(30)32-2)15-33-21-10-6-5-9-20(21)22(28)24-23(34-25)18-7-3-4-8-19(18)26(29)35-24/h3-14,22,25H,15H2,1-2H3/t22-,25-,28+/m1/s1. The number of carbonyl (C=O) groups excluding carboxylic acids is 1. The Balaban J connectivity index is 1.70. The molecule has 0 aliphatic carbocycles. The molecule has 7 heteroatoms. The number of benzene rings is 3. The van der Waals surface area contributed by atoms with Crippen molar-refractivity contribution < 1.29 is 28.2 Å². The van der Waals surface area contributed by atoms with Gasteiger partial charge in [-0.1, -0.05) is 48.5 Å². The Morgan fingerprint density at radius 1 is 0.943 bits per heavy atom. The van der Waals surface area contributed by atoms with Crippen LogP contribution in [0.25, 0.3) is 10.8 Å². The van der Waals surface area contributed by atoms with Gasteiger partial charge in [-0.15, -0.1) is 0 Å². The van der Waals surface area contributed by atoms with E-state index in [1.54, 1.807) is 19.2 Å². The molecule has 0 saturated heterocycles. The Kier molecular flexibility index (Phi) is 4.81. The smallest absolute Gasteiger partial charge is 0.344 e. The Hall–Kier alpha value is -4.26. The summed E-state index contributed by atoms with van der Waals surface area (Å²) in [6, 6.07) is 21.9. The predicted molar refractivity (Wildman–Crippen MR) is 127 cm³/mol. The molecule has 0 amide bonds. The van der Waals surface area contributed by atoms with E-state index in [1.165, 1.54) is 7.11 Å². The zero-order chi connectivity index (χ0) is 24.2. The molecule has 0 N–H and O–H groups in total. The molecule has 2 aliphatic heterocycles. The number of fused-ring (bicyclic) bond motifs is 7. The first-order valence-electron chi connectivity index (χ1n) is 11.2. The Bertz CT molecular complexity index is 1500. The second-order valence-electron chi connectivity index (χ2n) is 8.69. The second kappa shape index (κ2) is 7.91. The van der Waals surface area contributed by atoms with Gasteiger partial charge in [0.25, 0.3) is 0 Å². The quantitative estimate of drug-likeness (QED) is 0.404. The molecule has 1 aromatic heterocycles. The van der Waals surface area contributed by atoms with Crippen molar-refractivity contribution in [1.82, 2.24) is 0 Å². The minimum atomic E-state index is -1.34. The number of carbonyl (C=O) groups is 1. The molecule has 0 fully saturated rings. The van der Waals surface area contributed by atoms with Gasteiger partial charge in [-0.3, -0.25) is 4.79 Å². The highest BCUT2D eigenvalue weighted by Crippen LogP contribution is 2.61. The molecule has 2 aliphatic rings. The van der Waals surface area contributed by atoms with Crippen LogP contribution in [0.4, 0.5) is 0 Å². The molecule has 7 nitrogen and oxygen atoms in total. The average Bonchev–Trinajstić information content (AvgIpc) is 2.92. The summed E-state index contributed by atoms with van der Waals surface area (Å²) in [5.74, 6) is 0.832. The summed E-state index contributed by atoms with van der Waals surface area (Å²) in [6.45, 7) is -0.0198. The number of hydrogen-bond donors (Lipinski definition) is 0. The lowest BCUT2D eigenvalue weighted by Gasteiger charge is -2.49. The van der Waals surface area contributed by atoms with E-state index < -0.39 is 29.0 Å². The van der Waals surface area contributed by atoms with E-state index in [-0.39, 0.29) is 6.61 Å². The number of esters is 1. The molecular formula is C28H22O7. The van der Waals surface area contributed by atoms with Crippen molar-refractivity contribution in [2.75, 3.05) is 20.8 Å². The van der Waals surface area contributed by atoms with Crippen molar-refractivity contribution in [1.29, 1.82) is 0 Å². The van der Waals surface area contributed by atoms with Gasteiger partial charge in [-0.25, -0.2) is 4.79 Å². The molecule has 0 bridgehead atoms. The van der Waals surface area contributed by atoms with Crippen LogP contribution in [0, 0.1) is 5.41 Å². The Labute approximate surface area is 200 Å². The maximum Gasteiger partial charge on any atom is 0.344 e. The Morgan fingerprint density at radius 2 is 1.66 bits per heavy atom. The highest BCUT2D eigenvalue weighted by atomic mass is 16.5. The van der Waals surface area contributed by atoms with Gasteiger partial charge in [0, 0.05) is 10.9 Å². The first kappa shape index (κ1) is 21.3. The first-order valence-corrected chi connectivity index (χ1v) is 11.2. The summed E-state index contributed by atoms with van der Waals surface area (Å²) in [5, 5.41) is 1.03. The van der Waals surface area contributed by atoms with Crippen LogP contribution in [0.3, 0.4) is 0 Å². The number of hydrogen-bond acceptors (Lipinski definition) is 7. The summed E-state index contributed by atoms with van der Waals surface area (Å²) >= 11 is 0. The lowest BCUT2D eigenvalue weighted by Crippen LogP contribution is -2.54. The molecule has 0 spiro atoms. The van der Waals surface area contributed by atoms with Crippen molar-refractivity contribution in [3.05, 3.63) is 100 Å². The van der Waals surface area contributed by atoms with Crippen molar-refractivity contribution in [2.24, 2.45) is 5.41 Å². The van der Waals surface area contributed by atoms with Crippen LogP contribution >= 0.6 is 0 Å². The number of rotatable bonds is 3. The van der Waals surface area contributed by atoms with Gasteiger partial charge in [0.15, 0.2) is 16.9 Å².